The van der Waals surface area contributed by atoms with E-state index in [1.54, 1.807) is 0 Å². The fourth-order valence-electron chi connectivity index (χ4n) is 9.75. The first-order valence-corrected chi connectivity index (χ1v) is 20.9. The summed E-state index contributed by atoms with van der Waals surface area (Å²) in [5.41, 5.74) is 18.2. The first-order valence-electron chi connectivity index (χ1n) is 20.1. The summed E-state index contributed by atoms with van der Waals surface area (Å²) in [5, 5.41) is 5.16. The highest BCUT2D eigenvalue weighted by atomic mass is 32.1. The standard InChI is InChI=1S/C54H38N2S/c1-3-15-35(16-4-1)36-17-13-18-37(31-36)46-33-40(34-48-44-23-9-12-28-52(44)57-54(46)48)55-49-26-10-8-22-43(49)47-32-38(29-30-51(47)55)41-24-14-25-45-42-21-7-11-27-50(42)56(53(41)45)39-19-5-2-6-20-39/h1-6,8-13,15-20,22-24,26-34H,7,14,21,25H2. The summed E-state index contributed by atoms with van der Waals surface area (Å²) in [6, 6.07) is 60.7. The van der Waals surface area contributed by atoms with Crippen molar-refractivity contribution in [3.63, 3.8) is 0 Å². The Bertz CT molecular complexity index is 3280. The molecule has 3 aromatic heterocycles. The number of aromatic nitrogens is 2. The van der Waals surface area contributed by atoms with Crippen LogP contribution >= 0.6 is 11.3 Å². The van der Waals surface area contributed by atoms with E-state index in [2.05, 4.69) is 191 Å². The zero-order valence-corrected chi connectivity index (χ0v) is 32.3. The summed E-state index contributed by atoms with van der Waals surface area (Å²) in [4.78, 5) is 0. The lowest BCUT2D eigenvalue weighted by molar-refractivity contribution is 0.918. The Morgan fingerprint density at radius 3 is 2.09 bits per heavy atom. The molecule has 0 aliphatic heterocycles. The molecule has 0 N–H and O–H groups in total. The van der Waals surface area contributed by atoms with Gasteiger partial charge in [-0.15, -0.1) is 11.3 Å². The van der Waals surface area contributed by atoms with Gasteiger partial charge in [-0.1, -0.05) is 121 Å². The van der Waals surface area contributed by atoms with Crippen LogP contribution in [0.2, 0.25) is 0 Å². The molecule has 10 aromatic rings. The number of thiophene rings is 1. The summed E-state index contributed by atoms with van der Waals surface area (Å²) >= 11 is 1.90. The highest BCUT2D eigenvalue weighted by Gasteiger charge is 2.28. The molecule has 270 valence electrons. The number of allylic oxidation sites excluding steroid dienone is 2. The molecule has 2 nitrogen and oxygen atoms in total. The number of fused-ring (bicyclic) bond motifs is 9. The maximum absolute atomic E-state index is 2.54. The Morgan fingerprint density at radius 1 is 0.456 bits per heavy atom. The lowest BCUT2D eigenvalue weighted by Crippen LogP contribution is -2.07. The molecule has 3 heteroatoms. The summed E-state index contributed by atoms with van der Waals surface area (Å²) in [7, 11) is 0. The third-order valence-corrected chi connectivity index (χ3v) is 13.5. The largest absolute Gasteiger partial charge is 0.309 e. The second kappa shape index (κ2) is 12.9. The predicted molar refractivity (Wildman–Crippen MR) is 243 cm³/mol. The van der Waals surface area contributed by atoms with Gasteiger partial charge in [0.1, 0.15) is 0 Å². The van der Waals surface area contributed by atoms with Crippen molar-refractivity contribution in [2.24, 2.45) is 0 Å². The van der Waals surface area contributed by atoms with Crippen LogP contribution in [0.15, 0.2) is 176 Å². The van der Waals surface area contributed by atoms with E-state index in [1.807, 2.05) is 11.3 Å². The number of hydrogen-bond acceptors (Lipinski definition) is 1. The van der Waals surface area contributed by atoms with Gasteiger partial charge in [0.15, 0.2) is 0 Å². The fourth-order valence-corrected chi connectivity index (χ4v) is 11.0. The van der Waals surface area contributed by atoms with Gasteiger partial charge in [-0.25, -0.2) is 0 Å². The normalized spacial score (nSPS) is 13.7. The minimum atomic E-state index is 1.06. The maximum Gasteiger partial charge on any atom is 0.0572 e. The molecule has 2 aliphatic rings. The van der Waals surface area contributed by atoms with Gasteiger partial charge in [-0.2, -0.15) is 0 Å². The second-order valence-electron chi connectivity index (χ2n) is 15.5. The smallest absolute Gasteiger partial charge is 0.0572 e. The third-order valence-electron chi connectivity index (χ3n) is 12.3. The summed E-state index contributed by atoms with van der Waals surface area (Å²) in [6.07, 6.45) is 11.6. The van der Waals surface area contributed by atoms with Crippen molar-refractivity contribution < 1.29 is 0 Å². The number of para-hydroxylation sites is 2. The van der Waals surface area contributed by atoms with Crippen LogP contribution in [0.25, 0.3) is 87.3 Å². The first-order chi connectivity index (χ1) is 28.3. The van der Waals surface area contributed by atoms with Gasteiger partial charge in [0, 0.05) is 59.1 Å². The second-order valence-corrected chi connectivity index (χ2v) is 16.5. The van der Waals surface area contributed by atoms with Crippen molar-refractivity contribution in [1.82, 2.24) is 9.13 Å². The molecule has 7 aromatic carbocycles. The molecule has 0 spiro atoms. The van der Waals surface area contributed by atoms with Crippen molar-refractivity contribution in [3.8, 4) is 33.6 Å². The van der Waals surface area contributed by atoms with Gasteiger partial charge in [0.25, 0.3) is 0 Å². The molecule has 0 amide bonds. The van der Waals surface area contributed by atoms with Gasteiger partial charge < -0.3 is 9.13 Å². The van der Waals surface area contributed by atoms with Crippen LogP contribution in [0.1, 0.15) is 40.9 Å². The van der Waals surface area contributed by atoms with E-state index in [1.165, 1.54) is 109 Å². The van der Waals surface area contributed by atoms with Gasteiger partial charge >= 0.3 is 0 Å². The predicted octanol–water partition coefficient (Wildman–Crippen LogP) is 14.6. The molecule has 0 saturated heterocycles. The molecule has 0 unspecified atom stereocenters. The number of benzene rings is 7. The molecule has 57 heavy (non-hydrogen) atoms. The Balaban J connectivity index is 1.08. The Morgan fingerprint density at radius 2 is 1.19 bits per heavy atom. The van der Waals surface area contributed by atoms with Gasteiger partial charge in [-0.3, -0.25) is 0 Å². The van der Waals surface area contributed by atoms with E-state index in [4.69, 9.17) is 0 Å². The SMILES string of the molecule is C1=Cc2c(c3c(n2-c2ccccc2)C(c2ccc4c(c2)c2ccccc2n4-c2cc(-c4cccc(-c5ccccc5)c4)c4sc5ccccc5c4c2)=CCC3)CC1. The van der Waals surface area contributed by atoms with Crippen molar-refractivity contribution in [2.75, 3.05) is 0 Å². The molecular weight excluding hydrogens is 709 g/mol. The highest BCUT2D eigenvalue weighted by molar-refractivity contribution is 7.26. The molecule has 0 saturated carbocycles. The molecule has 0 atom stereocenters. The number of hydrogen-bond donors (Lipinski definition) is 0. The minimum absolute atomic E-state index is 1.06. The van der Waals surface area contributed by atoms with E-state index < -0.39 is 0 Å². The zero-order chi connectivity index (χ0) is 37.5. The van der Waals surface area contributed by atoms with Crippen molar-refractivity contribution >= 4 is 65.0 Å². The van der Waals surface area contributed by atoms with Crippen LogP contribution in [-0.2, 0) is 12.8 Å². The van der Waals surface area contributed by atoms with Crippen LogP contribution in [0.3, 0.4) is 0 Å². The number of rotatable bonds is 5. The molecule has 2 aliphatic carbocycles. The zero-order valence-electron chi connectivity index (χ0n) is 31.5. The van der Waals surface area contributed by atoms with Crippen LogP contribution in [-0.4, -0.2) is 9.13 Å². The average molecular weight is 747 g/mol. The van der Waals surface area contributed by atoms with Gasteiger partial charge in [0.05, 0.1) is 16.7 Å². The minimum Gasteiger partial charge on any atom is -0.309 e. The van der Waals surface area contributed by atoms with Crippen LogP contribution in [0.5, 0.6) is 0 Å². The third kappa shape index (κ3) is 5.09. The quantitative estimate of drug-likeness (QED) is 0.166. The summed E-state index contributed by atoms with van der Waals surface area (Å²) in [6.45, 7) is 0. The summed E-state index contributed by atoms with van der Waals surface area (Å²) in [5.74, 6) is 0. The molecule has 3 heterocycles. The van der Waals surface area contributed by atoms with Crippen LogP contribution in [0, 0.1) is 0 Å². The fraction of sp³-hybridized carbons (Fsp3) is 0.0741. The lowest BCUT2D eigenvalue weighted by atomic mass is 9.88. The molecule has 0 bridgehead atoms. The van der Waals surface area contributed by atoms with E-state index in [0.717, 1.165) is 25.7 Å². The monoisotopic (exact) mass is 746 g/mol. The van der Waals surface area contributed by atoms with Crippen LogP contribution < -0.4 is 0 Å². The van der Waals surface area contributed by atoms with Crippen molar-refractivity contribution in [2.45, 2.75) is 25.7 Å². The molecule has 12 rings (SSSR count). The Kier molecular flexibility index (Phi) is 7.39. The topological polar surface area (TPSA) is 9.86 Å². The van der Waals surface area contributed by atoms with E-state index >= 15 is 0 Å². The van der Waals surface area contributed by atoms with E-state index in [0.29, 0.717) is 0 Å². The Labute approximate surface area is 335 Å². The lowest BCUT2D eigenvalue weighted by Gasteiger charge is -2.20. The molecular formula is C54H38N2S. The maximum atomic E-state index is 2.54. The average Bonchev–Trinajstić information content (AvgIpc) is 3.94. The number of nitrogens with zero attached hydrogens (tertiary/aromatic N) is 2. The van der Waals surface area contributed by atoms with Crippen molar-refractivity contribution in [3.05, 3.63) is 204 Å². The van der Waals surface area contributed by atoms with Gasteiger partial charge in [0.2, 0.25) is 0 Å². The van der Waals surface area contributed by atoms with E-state index in [-0.39, 0.29) is 0 Å². The Hall–Kier alpha value is -6.68. The summed E-state index contributed by atoms with van der Waals surface area (Å²) < 4.78 is 7.68. The van der Waals surface area contributed by atoms with Crippen molar-refractivity contribution in [1.29, 1.82) is 0 Å². The molecule has 0 radical (unpaired) electrons. The van der Waals surface area contributed by atoms with Crippen LogP contribution in [0.4, 0.5) is 0 Å². The van der Waals surface area contributed by atoms with Gasteiger partial charge in [-0.05, 0) is 120 Å². The van der Waals surface area contributed by atoms with E-state index in [9.17, 15) is 0 Å². The highest BCUT2D eigenvalue weighted by Crippen LogP contribution is 2.46. The first kappa shape index (κ1) is 32.6. The molecule has 0 fully saturated rings.